The molecule has 0 aromatic heterocycles. The van der Waals surface area contributed by atoms with Gasteiger partial charge in [0.25, 0.3) is 0 Å². The van der Waals surface area contributed by atoms with Crippen LogP contribution in [0.2, 0.25) is 0 Å². The normalized spacial score (nSPS) is 31.7. The van der Waals surface area contributed by atoms with Gasteiger partial charge in [0.05, 0.1) is 12.6 Å². The first-order valence-electron chi connectivity index (χ1n) is 8.37. The average molecular weight is 315 g/mol. The van der Waals surface area contributed by atoms with Crippen molar-refractivity contribution < 1.29 is 19.3 Å². The van der Waals surface area contributed by atoms with Crippen molar-refractivity contribution in [1.82, 2.24) is 4.90 Å². The van der Waals surface area contributed by atoms with E-state index in [9.17, 15) is 5.11 Å². The minimum Gasteiger partial charge on any atom is -0.498 e. The molecule has 1 saturated heterocycles. The number of rotatable bonds is 1. The smallest absolute Gasteiger partial charge is 0.231 e. The van der Waals surface area contributed by atoms with Crippen LogP contribution in [0.15, 0.2) is 17.9 Å². The van der Waals surface area contributed by atoms with Crippen molar-refractivity contribution in [3.63, 3.8) is 0 Å². The summed E-state index contributed by atoms with van der Waals surface area (Å²) in [5.74, 6) is 2.37. The molecule has 1 aliphatic carbocycles. The molecule has 3 heterocycles. The summed E-state index contributed by atoms with van der Waals surface area (Å²) in [5.41, 5.74) is 3.54. The summed E-state index contributed by atoms with van der Waals surface area (Å²) >= 11 is 0. The number of methoxy groups -OCH3 is 1. The predicted octanol–water partition coefficient (Wildman–Crippen LogP) is 1.93. The van der Waals surface area contributed by atoms with Crippen molar-refractivity contribution in [3.8, 4) is 11.5 Å². The van der Waals surface area contributed by atoms with Crippen LogP contribution in [-0.4, -0.2) is 48.6 Å². The van der Waals surface area contributed by atoms with E-state index in [-0.39, 0.29) is 12.3 Å². The lowest BCUT2D eigenvalue weighted by molar-refractivity contribution is 0.101. The first-order chi connectivity index (χ1) is 11.2. The first kappa shape index (κ1) is 13.7. The van der Waals surface area contributed by atoms with Crippen molar-refractivity contribution in [3.05, 3.63) is 29.0 Å². The number of hydrogen-bond acceptors (Lipinski definition) is 5. The summed E-state index contributed by atoms with van der Waals surface area (Å²) in [6, 6.07) is 4.20. The Morgan fingerprint density at radius 2 is 2.09 bits per heavy atom. The Hall–Kier alpha value is -1.72. The SMILES string of the molecule is COC1=C2c3cc4c(cc3CCN3CCC[C@@]23CC1O)OCO4. The highest BCUT2D eigenvalue weighted by Crippen LogP contribution is 2.54. The molecule has 0 radical (unpaired) electrons. The molecule has 4 aliphatic rings. The van der Waals surface area contributed by atoms with Gasteiger partial charge in [-0.25, -0.2) is 0 Å². The first-order valence-corrected chi connectivity index (χ1v) is 8.37. The quantitative estimate of drug-likeness (QED) is 0.858. The van der Waals surface area contributed by atoms with Crippen LogP contribution in [-0.2, 0) is 11.2 Å². The summed E-state index contributed by atoms with van der Waals surface area (Å²) in [6.45, 7) is 2.39. The lowest BCUT2D eigenvalue weighted by Crippen LogP contribution is -2.43. The summed E-state index contributed by atoms with van der Waals surface area (Å²) in [5, 5.41) is 10.6. The molecule has 0 bridgehead atoms. The van der Waals surface area contributed by atoms with E-state index in [1.54, 1.807) is 7.11 Å². The van der Waals surface area contributed by atoms with Crippen molar-refractivity contribution in [2.75, 3.05) is 27.0 Å². The Labute approximate surface area is 135 Å². The van der Waals surface area contributed by atoms with Crippen molar-refractivity contribution >= 4 is 5.57 Å². The van der Waals surface area contributed by atoms with Gasteiger partial charge in [0, 0.05) is 18.5 Å². The zero-order valence-electron chi connectivity index (χ0n) is 13.3. The van der Waals surface area contributed by atoms with Gasteiger partial charge in [-0.05, 0) is 49.1 Å². The van der Waals surface area contributed by atoms with Gasteiger partial charge in [-0.1, -0.05) is 0 Å². The maximum Gasteiger partial charge on any atom is 0.231 e. The fourth-order valence-corrected chi connectivity index (χ4v) is 4.99. The molecular formula is C18H21NO4. The number of aliphatic hydroxyl groups excluding tert-OH is 1. The predicted molar refractivity (Wildman–Crippen MR) is 84.4 cm³/mol. The second-order valence-electron chi connectivity index (χ2n) is 6.90. The molecule has 1 N–H and O–H groups in total. The van der Waals surface area contributed by atoms with E-state index >= 15 is 0 Å². The van der Waals surface area contributed by atoms with E-state index < -0.39 is 6.10 Å². The number of aliphatic hydroxyl groups is 1. The largest absolute Gasteiger partial charge is 0.498 e. The number of hydrogen-bond donors (Lipinski definition) is 1. The van der Waals surface area contributed by atoms with Gasteiger partial charge in [0.2, 0.25) is 6.79 Å². The fraction of sp³-hybridized carbons (Fsp3) is 0.556. The monoisotopic (exact) mass is 315 g/mol. The molecule has 1 fully saturated rings. The van der Waals surface area contributed by atoms with Crippen LogP contribution in [0.5, 0.6) is 11.5 Å². The molecule has 0 amide bonds. The third-order valence-electron chi connectivity index (χ3n) is 5.91. The molecule has 5 heteroatoms. The van der Waals surface area contributed by atoms with Gasteiger partial charge in [-0.2, -0.15) is 0 Å². The highest BCUT2D eigenvalue weighted by Gasteiger charge is 2.54. The second-order valence-corrected chi connectivity index (χ2v) is 6.90. The molecule has 1 aromatic carbocycles. The lowest BCUT2D eigenvalue weighted by atomic mass is 9.83. The van der Waals surface area contributed by atoms with E-state index in [0.29, 0.717) is 0 Å². The Kier molecular flexibility index (Phi) is 2.77. The number of nitrogens with zero attached hydrogens (tertiary/aromatic N) is 1. The molecule has 1 spiro atoms. The standard InChI is InChI=1S/C18H21NO4/c1-21-17-13(20)9-18-4-2-5-19(18)6-3-11-7-14-15(23-10-22-14)8-12(11)16(17)18/h7-8,13,20H,2-6,9-10H2,1H3/t13?,18-/m1/s1. The molecule has 0 saturated carbocycles. The molecule has 1 aromatic rings. The van der Waals surface area contributed by atoms with Crippen LogP contribution in [0.1, 0.15) is 30.4 Å². The van der Waals surface area contributed by atoms with Crippen LogP contribution in [0.4, 0.5) is 0 Å². The van der Waals surface area contributed by atoms with Crippen LogP contribution < -0.4 is 9.47 Å². The number of ether oxygens (including phenoxy) is 3. The molecule has 122 valence electrons. The Bertz CT molecular complexity index is 713. The highest BCUT2D eigenvalue weighted by molar-refractivity contribution is 5.82. The minimum absolute atomic E-state index is 0.0797. The Morgan fingerprint density at radius 1 is 1.26 bits per heavy atom. The van der Waals surface area contributed by atoms with Crippen molar-refractivity contribution in [2.24, 2.45) is 0 Å². The van der Waals surface area contributed by atoms with Gasteiger partial charge in [0.1, 0.15) is 11.9 Å². The molecule has 5 rings (SSSR count). The maximum absolute atomic E-state index is 10.6. The van der Waals surface area contributed by atoms with Gasteiger partial charge in [-0.3, -0.25) is 4.90 Å². The summed E-state index contributed by atoms with van der Waals surface area (Å²) in [4.78, 5) is 2.55. The van der Waals surface area contributed by atoms with Gasteiger partial charge in [-0.15, -0.1) is 0 Å². The van der Waals surface area contributed by atoms with Crippen LogP contribution in [0.3, 0.4) is 0 Å². The van der Waals surface area contributed by atoms with Crippen molar-refractivity contribution in [2.45, 2.75) is 37.3 Å². The third-order valence-corrected chi connectivity index (χ3v) is 5.91. The van der Waals surface area contributed by atoms with Gasteiger partial charge >= 0.3 is 0 Å². The average Bonchev–Trinajstić information content (AvgIpc) is 3.20. The lowest BCUT2D eigenvalue weighted by Gasteiger charge is -2.36. The van der Waals surface area contributed by atoms with E-state index in [1.807, 2.05) is 0 Å². The summed E-state index contributed by atoms with van der Waals surface area (Å²) in [6.07, 6.45) is 3.46. The van der Waals surface area contributed by atoms with E-state index in [1.165, 1.54) is 23.1 Å². The Morgan fingerprint density at radius 3 is 2.91 bits per heavy atom. The zero-order valence-corrected chi connectivity index (χ0v) is 13.3. The molecule has 1 unspecified atom stereocenters. The van der Waals surface area contributed by atoms with E-state index in [2.05, 4.69) is 17.0 Å². The fourth-order valence-electron chi connectivity index (χ4n) is 4.99. The van der Waals surface area contributed by atoms with Gasteiger partial charge in [0.15, 0.2) is 11.5 Å². The Balaban J connectivity index is 1.78. The number of fused-ring (bicyclic) bond motifs is 3. The van der Waals surface area contributed by atoms with Crippen molar-refractivity contribution in [1.29, 1.82) is 0 Å². The maximum atomic E-state index is 10.6. The topological polar surface area (TPSA) is 51.2 Å². The van der Waals surface area contributed by atoms with Crippen LogP contribution >= 0.6 is 0 Å². The zero-order chi connectivity index (χ0) is 15.6. The van der Waals surface area contributed by atoms with Crippen LogP contribution in [0.25, 0.3) is 5.57 Å². The molecular weight excluding hydrogens is 294 g/mol. The molecule has 5 nitrogen and oxygen atoms in total. The number of benzene rings is 1. The summed E-state index contributed by atoms with van der Waals surface area (Å²) < 4.78 is 16.8. The minimum atomic E-state index is -0.521. The highest BCUT2D eigenvalue weighted by atomic mass is 16.7. The summed E-state index contributed by atoms with van der Waals surface area (Å²) in [7, 11) is 1.67. The van der Waals surface area contributed by atoms with Gasteiger partial charge < -0.3 is 19.3 Å². The second kappa shape index (κ2) is 4.65. The van der Waals surface area contributed by atoms with E-state index in [4.69, 9.17) is 14.2 Å². The third kappa shape index (κ3) is 1.69. The molecule has 23 heavy (non-hydrogen) atoms. The molecule has 3 aliphatic heterocycles. The van der Waals surface area contributed by atoms with E-state index in [0.717, 1.165) is 49.6 Å². The molecule has 2 atom stereocenters. The van der Waals surface area contributed by atoms with Crippen LogP contribution in [0, 0.1) is 0 Å².